The molecule has 0 aliphatic carbocycles. The molecule has 0 heterocycles. The number of hydrogen-bond acceptors (Lipinski definition) is 8. The van der Waals surface area contributed by atoms with E-state index >= 15 is 0 Å². The van der Waals surface area contributed by atoms with Gasteiger partial charge in [0.25, 0.3) is 0 Å². The summed E-state index contributed by atoms with van der Waals surface area (Å²) in [6.07, 6.45) is 98.2. The number of aliphatic hydroxyl groups excluding tert-OH is 1. The lowest BCUT2D eigenvalue weighted by Crippen LogP contribution is -2.37. The highest BCUT2D eigenvalue weighted by Gasteiger charge is 2.09. The quantitative estimate of drug-likeness (QED) is 0.0410. The lowest BCUT2D eigenvalue weighted by molar-refractivity contribution is -0.119. The van der Waals surface area contributed by atoms with Crippen LogP contribution in [0.5, 0.6) is 5.75 Å². The van der Waals surface area contributed by atoms with Crippen molar-refractivity contribution in [3.63, 3.8) is 0 Å². The fourth-order valence-corrected chi connectivity index (χ4v) is 15.7. The Morgan fingerprint density at radius 3 is 0.805 bits per heavy atom. The Kier molecular flexibility index (Phi) is 97.2. The normalized spacial score (nSPS) is 11.5. The summed E-state index contributed by atoms with van der Waals surface area (Å²) in [4.78, 5) is 35.8. The van der Waals surface area contributed by atoms with Crippen molar-refractivity contribution in [2.75, 3.05) is 72.4 Å². The molecule has 0 fully saturated rings. The van der Waals surface area contributed by atoms with Gasteiger partial charge in [-0.25, -0.2) is 9.59 Å². The van der Waals surface area contributed by atoms with Crippen molar-refractivity contribution in [2.45, 2.75) is 516 Å². The van der Waals surface area contributed by atoms with Crippen molar-refractivity contribution < 1.29 is 38.4 Å². The van der Waals surface area contributed by atoms with Gasteiger partial charge in [0.2, 0.25) is 0 Å². The van der Waals surface area contributed by atoms with Crippen LogP contribution in [0.3, 0.4) is 0 Å². The number of aliphatic hydroxyl groups is 1. The van der Waals surface area contributed by atoms with Gasteiger partial charge in [0.1, 0.15) is 24.2 Å². The average Bonchev–Trinajstić information content (AvgIpc) is 0.866. The highest BCUT2D eigenvalue weighted by atomic mass is 16.5. The van der Waals surface area contributed by atoms with Crippen LogP contribution in [0.15, 0.2) is 54.6 Å². The van der Waals surface area contributed by atoms with Gasteiger partial charge in [0.05, 0.1) is 26.4 Å². The SMILES string of the molecule is CCCCCCCCCCCCCCCCCCCC(=O)CCCOCCOCCNC(=O)NCCCCCCCCCCCCCCCCCC.CCCCCCCCCCCCCCCCCCNC(=O)NCCCCCCCC.CCCCCCCCCCCCCCCCCCOCC(O)COc1ccc(-c2ccccc2)cc1. The van der Waals surface area contributed by atoms with Gasteiger partial charge in [-0.05, 0) is 61.8 Å². The Labute approximate surface area is 733 Å². The number of amides is 4. The zero-order valence-corrected chi connectivity index (χ0v) is 79.2. The van der Waals surface area contributed by atoms with E-state index in [1.54, 1.807) is 0 Å². The largest absolute Gasteiger partial charge is 0.491 e. The summed E-state index contributed by atoms with van der Waals surface area (Å²) in [7, 11) is 0. The molecule has 4 amide bonds. The zero-order chi connectivity index (χ0) is 85.2. The van der Waals surface area contributed by atoms with E-state index < -0.39 is 6.10 Å². The second kappa shape index (κ2) is 100. The van der Waals surface area contributed by atoms with Gasteiger partial charge in [-0.15, -0.1) is 0 Å². The van der Waals surface area contributed by atoms with Crippen molar-refractivity contribution >= 4 is 17.8 Å². The Morgan fingerprint density at radius 1 is 0.246 bits per heavy atom. The lowest BCUT2D eigenvalue weighted by atomic mass is 10.0. The lowest BCUT2D eigenvalue weighted by Gasteiger charge is -2.13. The molecule has 0 bridgehead atoms. The number of nitrogens with one attached hydrogen (secondary N) is 4. The monoisotopic (exact) mass is 1660 g/mol. The van der Waals surface area contributed by atoms with E-state index in [9.17, 15) is 19.5 Å². The zero-order valence-electron chi connectivity index (χ0n) is 79.2. The molecule has 0 aliphatic rings. The molecule has 1 unspecified atom stereocenters. The predicted octanol–water partition coefficient (Wildman–Crippen LogP) is 32.3. The summed E-state index contributed by atoms with van der Waals surface area (Å²) in [5.41, 5.74) is 2.34. The van der Waals surface area contributed by atoms with Crippen molar-refractivity contribution in [2.24, 2.45) is 0 Å². The van der Waals surface area contributed by atoms with Crippen LogP contribution < -0.4 is 26.0 Å². The van der Waals surface area contributed by atoms with E-state index in [1.807, 2.05) is 42.5 Å². The Balaban J connectivity index is 0.00000182. The number of Topliss-reactive ketones (excluding diaryl/α,β-unsaturated/α-hetero) is 1. The molecule has 118 heavy (non-hydrogen) atoms. The van der Waals surface area contributed by atoms with Crippen LogP contribution in [0.25, 0.3) is 11.1 Å². The predicted molar refractivity (Wildman–Crippen MR) is 514 cm³/mol. The molecule has 692 valence electrons. The summed E-state index contributed by atoms with van der Waals surface area (Å²) in [5.74, 6) is 1.14. The van der Waals surface area contributed by atoms with Gasteiger partial charge in [-0.2, -0.15) is 0 Å². The third-order valence-electron chi connectivity index (χ3n) is 23.5. The van der Waals surface area contributed by atoms with E-state index in [1.165, 1.54) is 429 Å². The average molecular weight is 1660 g/mol. The summed E-state index contributed by atoms with van der Waals surface area (Å²) < 4.78 is 22.5. The molecule has 2 aromatic carbocycles. The van der Waals surface area contributed by atoms with Gasteiger partial charge in [0.15, 0.2) is 0 Å². The maximum absolute atomic E-state index is 12.2. The van der Waals surface area contributed by atoms with Gasteiger partial charge >= 0.3 is 12.1 Å². The molecule has 1 atom stereocenters. The first kappa shape index (κ1) is 114. The summed E-state index contributed by atoms with van der Waals surface area (Å²) in [6, 6.07) is 18.2. The number of ether oxygens (including phenoxy) is 4. The van der Waals surface area contributed by atoms with Gasteiger partial charge in [-0.3, -0.25) is 4.79 Å². The van der Waals surface area contributed by atoms with Crippen molar-refractivity contribution in [1.82, 2.24) is 21.3 Å². The standard InChI is InChI=1S/C46H92N2O4.C33H52O3.C27H56N2O/c1-3-5-7-9-11-13-15-17-19-21-22-24-26-28-30-32-34-37-45(49)38-36-41-51-43-44-52-42-40-48-46(50)47-39-35-33-31-29-27-25-23-20-18-16-14-12-10-8-6-4-2;1-2-3-4-5-6-7-8-9-10-11-12-13-14-15-16-20-27-35-28-32(34)29-36-33-25-23-31(24-26-33)30-21-18-17-19-22-30;1-3-5-7-9-11-12-13-14-15-16-17-18-19-20-22-24-26-29-27(30)28-25-23-21-10-8-6-4-2/h3-44H2,1-2H3,(H2,47,48,50);17-19,21-26,32,34H,2-16,20,27-29H2,1H3;3-26H2,1-2H3,(H2,28,29,30). The van der Waals surface area contributed by atoms with Crippen molar-refractivity contribution in [3.05, 3.63) is 54.6 Å². The topological polar surface area (TPSA) is 156 Å². The molecule has 5 N–H and O–H groups in total. The van der Waals surface area contributed by atoms with E-state index in [0.29, 0.717) is 51.8 Å². The number of hydrogen-bond donors (Lipinski definition) is 5. The van der Waals surface area contributed by atoms with Gasteiger partial charge < -0.3 is 45.3 Å². The molecule has 0 saturated heterocycles. The molecule has 0 saturated carbocycles. The molecule has 0 aromatic heterocycles. The fraction of sp³-hybridized carbons (Fsp3) is 0.858. The highest BCUT2D eigenvalue weighted by Crippen LogP contribution is 2.24. The van der Waals surface area contributed by atoms with Crippen LogP contribution in [0, 0.1) is 0 Å². The number of unbranched alkanes of at least 4 members (excludes halogenated alkanes) is 66. The van der Waals surface area contributed by atoms with Crippen LogP contribution in [-0.2, 0) is 19.0 Å². The molecule has 0 spiro atoms. The molecule has 0 radical (unpaired) electrons. The van der Waals surface area contributed by atoms with Crippen LogP contribution in [-0.4, -0.2) is 101 Å². The first-order valence-corrected chi connectivity index (χ1v) is 52.1. The van der Waals surface area contributed by atoms with Crippen molar-refractivity contribution in [3.8, 4) is 16.9 Å². The third-order valence-corrected chi connectivity index (χ3v) is 23.5. The second-order valence-electron chi connectivity index (χ2n) is 35.2. The number of urea groups is 2. The minimum atomic E-state index is -0.597. The molecule has 2 aromatic rings. The second-order valence-corrected chi connectivity index (χ2v) is 35.2. The molecular formula is C106H200N4O8. The molecular weight excluding hydrogens is 1460 g/mol. The van der Waals surface area contributed by atoms with Crippen LogP contribution in [0.4, 0.5) is 9.59 Å². The fourth-order valence-electron chi connectivity index (χ4n) is 15.7. The first-order chi connectivity index (χ1) is 58.3. The number of carbonyl (C=O) groups is 3. The summed E-state index contributed by atoms with van der Waals surface area (Å²) in [5, 5.41) is 21.9. The number of ketones is 1. The maximum atomic E-state index is 12.2. The smallest absolute Gasteiger partial charge is 0.314 e. The van der Waals surface area contributed by atoms with Gasteiger partial charge in [0, 0.05) is 52.2 Å². The first-order valence-electron chi connectivity index (χ1n) is 52.1. The molecule has 0 aliphatic heterocycles. The van der Waals surface area contributed by atoms with Crippen LogP contribution in [0.1, 0.15) is 510 Å². The number of carbonyl (C=O) groups excluding carboxylic acids is 3. The Morgan fingerprint density at radius 2 is 0.492 bits per heavy atom. The maximum Gasteiger partial charge on any atom is 0.314 e. The summed E-state index contributed by atoms with van der Waals surface area (Å²) >= 11 is 0. The van der Waals surface area contributed by atoms with E-state index in [2.05, 4.69) is 68.0 Å². The van der Waals surface area contributed by atoms with Gasteiger partial charge in [-0.1, -0.05) is 501 Å². The minimum absolute atomic E-state index is 0.0181. The number of rotatable bonds is 92. The van der Waals surface area contributed by atoms with E-state index in [0.717, 1.165) is 82.5 Å². The molecule has 12 heteroatoms. The minimum Gasteiger partial charge on any atom is -0.491 e. The highest BCUT2D eigenvalue weighted by molar-refractivity contribution is 5.78. The van der Waals surface area contributed by atoms with E-state index in [-0.39, 0.29) is 18.7 Å². The molecule has 2 rings (SSSR count). The summed E-state index contributed by atoms with van der Waals surface area (Å²) in [6.45, 7) is 17.7. The van der Waals surface area contributed by atoms with Crippen LogP contribution >= 0.6 is 0 Å². The number of benzene rings is 2. The Hall–Kier alpha value is -3.71. The van der Waals surface area contributed by atoms with Crippen LogP contribution in [0.2, 0.25) is 0 Å². The third kappa shape index (κ3) is 93.0. The van der Waals surface area contributed by atoms with E-state index in [4.69, 9.17) is 18.9 Å². The molecule has 12 nitrogen and oxygen atoms in total. The Bertz CT molecular complexity index is 2180. The van der Waals surface area contributed by atoms with Crippen molar-refractivity contribution in [1.29, 1.82) is 0 Å².